The van der Waals surface area contributed by atoms with Crippen LogP contribution in [-0.2, 0) is 4.74 Å². The average molecular weight is 327 g/mol. The van der Waals surface area contributed by atoms with E-state index in [4.69, 9.17) is 4.74 Å². The van der Waals surface area contributed by atoms with Gasteiger partial charge < -0.3 is 15.4 Å². The van der Waals surface area contributed by atoms with Gasteiger partial charge in [0.1, 0.15) is 0 Å². The fourth-order valence-corrected chi connectivity index (χ4v) is 3.35. The van der Waals surface area contributed by atoms with Crippen LogP contribution < -0.4 is 10.6 Å². The number of carbonyl (C=O) groups is 1. The molecule has 1 aliphatic heterocycles. The maximum Gasteiger partial charge on any atom is 0.251 e. The van der Waals surface area contributed by atoms with Crippen molar-refractivity contribution in [3.8, 4) is 0 Å². The van der Waals surface area contributed by atoms with Crippen LogP contribution in [0.4, 0.5) is 0 Å². The first-order valence-corrected chi connectivity index (χ1v) is 7.57. The Kier molecular flexibility index (Phi) is 6.85. The monoisotopic (exact) mass is 326 g/mol. The van der Waals surface area contributed by atoms with Crippen molar-refractivity contribution in [1.82, 2.24) is 10.6 Å². The minimum Gasteiger partial charge on any atom is -0.383 e. The lowest BCUT2D eigenvalue weighted by Crippen LogP contribution is -2.53. The second-order valence-corrected chi connectivity index (χ2v) is 6.20. The van der Waals surface area contributed by atoms with E-state index in [1.165, 1.54) is 5.56 Å². The van der Waals surface area contributed by atoms with Gasteiger partial charge in [0, 0.05) is 19.2 Å². The lowest BCUT2D eigenvalue weighted by atomic mass is 9.96. The zero-order valence-corrected chi connectivity index (χ0v) is 14.7. The number of methoxy groups -OCH3 is 1. The van der Waals surface area contributed by atoms with Crippen LogP contribution in [0.3, 0.4) is 0 Å². The minimum atomic E-state index is -0.114. The molecule has 1 saturated heterocycles. The van der Waals surface area contributed by atoms with Crippen LogP contribution in [-0.4, -0.2) is 38.3 Å². The molecule has 22 heavy (non-hydrogen) atoms. The summed E-state index contributed by atoms with van der Waals surface area (Å²) >= 11 is 0. The van der Waals surface area contributed by atoms with Crippen LogP contribution in [0.1, 0.15) is 39.9 Å². The molecule has 1 aromatic carbocycles. The molecule has 0 aliphatic carbocycles. The Bertz CT molecular complexity index is 502. The molecule has 1 fully saturated rings. The molecule has 2 rings (SSSR count). The molecule has 1 unspecified atom stereocenters. The molecule has 2 N–H and O–H groups in total. The van der Waals surface area contributed by atoms with Crippen LogP contribution >= 0.6 is 12.4 Å². The maximum atomic E-state index is 12.5. The second kappa shape index (κ2) is 7.95. The number of rotatable bonds is 5. The number of hydrogen-bond acceptors (Lipinski definition) is 3. The first kappa shape index (κ1) is 18.9. The number of amides is 1. The van der Waals surface area contributed by atoms with Crippen LogP contribution in [0.2, 0.25) is 0 Å². The summed E-state index contributed by atoms with van der Waals surface area (Å²) in [7, 11) is 1.71. The zero-order chi connectivity index (χ0) is 15.5. The number of aryl methyl sites for hydroxylation is 3. The first-order chi connectivity index (χ1) is 9.97. The molecule has 1 aromatic rings. The zero-order valence-electron chi connectivity index (χ0n) is 13.9. The number of benzene rings is 1. The third kappa shape index (κ3) is 4.22. The lowest BCUT2D eigenvalue weighted by Gasteiger charge is -2.29. The summed E-state index contributed by atoms with van der Waals surface area (Å²) < 4.78 is 5.32. The summed E-state index contributed by atoms with van der Waals surface area (Å²) in [6.07, 6.45) is 2.16. The van der Waals surface area contributed by atoms with Crippen molar-refractivity contribution in [3.05, 3.63) is 34.4 Å². The molecule has 0 bridgehead atoms. The highest BCUT2D eigenvalue weighted by Gasteiger charge is 2.34. The summed E-state index contributed by atoms with van der Waals surface area (Å²) in [5.74, 6) is 0.00850. The molecule has 124 valence electrons. The van der Waals surface area contributed by atoms with Crippen molar-refractivity contribution in [2.45, 2.75) is 39.2 Å². The molecule has 0 aromatic heterocycles. The highest BCUT2D eigenvalue weighted by molar-refractivity contribution is 5.97. The molecule has 1 amide bonds. The predicted octanol–water partition coefficient (Wildman–Crippen LogP) is 2.53. The van der Waals surface area contributed by atoms with Gasteiger partial charge in [0.15, 0.2) is 0 Å². The van der Waals surface area contributed by atoms with Crippen LogP contribution in [0.15, 0.2) is 12.1 Å². The number of halogens is 1. The van der Waals surface area contributed by atoms with Gasteiger partial charge in [0.05, 0.1) is 12.1 Å². The molecular weight excluding hydrogens is 300 g/mol. The van der Waals surface area contributed by atoms with E-state index in [0.717, 1.165) is 36.1 Å². The Morgan fingerprint density at radius 2 is 1.95 bits per heavy atom. The molecule has 1 atom stereocenters. The lowest BCUT2D eigenvalue weighted by molar-refractivity contribution is 0.0891. The van der Waals surface area contributed by atoms with Gasteiger partial charge in [0.25, 0.3) is 5.91 Å². The molecular formula is C17H27ClN2O2. The molecule has 0 spiro atoms. The van der Waals surface area contributed by atoms with Crippen LogP contribution in [0, 0.1) is 20.8 Å². The van der Waals surface area contributed by atoms with E-state index in [1.807, 2.05) is 13.8 Å². The van der Waals surface area contributed by atoms with Crippen molar-refractivity contribution in [2.24, 2.45) is 0 Å². The summed E-state index contributed by atoms with van der Waals surface area (Å²) in [5, 5.41) is 6.56. The van der Waals surface area contributed by atoms with Gasteiger partial charge >= 0.3 is 0 Å². The summed E-state index contributed by atoms with van der Waals surface area (Å²) in [5.41, 5.74) is 3.94. The smallest absolute Gasteiger partial charge is 0.251 e. The second-order valence-electron chi connectivity index (χ2n) is 6.20. The third-order valence-electron chi connectivity index (χ3n) is 4.24. The normalized spacial score (nSPS) is 20.5. The molecule has 0 radical (unpaired) electrons. The van der Waals surface area contributed by atoms with Crippen molar-refractivity contribution >= 4 is 18.3 Å². The Morgan fingerprint density at radius 1 is 1.32 bits per heavy atom. The Hall–Kier alpha value is -1.10. The summed E-state index contributed by atoms with van der Waals surface area (Å²) in [4.78, 5) is 12.5. The maximum absolute atomic E-state index is 12.5. The molecule has 5 heteroatoms. The van der Waals surface area contributed by atoms with Gasteiger partial charge in [-0.05, 0) is 51.3 Å². The fraction of sp³-hybridized carbons (Fsp3) is 0.588. The average Bonchev–Trinajstić information content (AvgIpc) is 2.85. The standard InChI is InChI=1S/C17H26N2O2.ClH/c1-12-8-13(2)15(14(3)9-12)16(20)18-10-17(11-21-4)6-5-7-19-17;/h8-9,19H,5-7,10-11H2,1-4H3,(H,18,20);1H. The van der Waals surface area contributed by atoms with Crippen LogP contribution in [0.25, 0.3) is 0 Å². The number of nitrogens with one attached hydrogen (secondary N) is 2. The molecule has 1 heterocycles. The Morgan fingerprint density at radius 3 is 2.45 bits per heavy atom. The topological polar surface area (TPSA) is 50.4 Å². The van der Waals surface area contributed by atoms with Crippen LogP contribution in [0.5, 0.6) is 0 Å². The Labute approximate surface area is 139 Å². The van der Waals surface area contributed by atoms with E-state index < -0.39 is 0 Å². The van der Waals surface area contributed by atoms with Crippen molar-refractivity contribution in [1.29, 1.82) is 0 Å². The van der Waals surface area contributed by atoms with E-state index in [-0.39, 0.29) is 23.9 Å². The number of ether oxygens (including phenoxy) is 1. The van der Waals surface area contributed by atoms with E-state index in [2.05, 4.69) is 29.7 Å². The van der Waals surface area contributed by atoms with Gasteiger partial charge in [-0.15, -0.1) is 12.4 Å². The largest absolute Gasteiger partial charge is 0.383 e. The van der Waals surface area contributed by atoms with Gasteiger partial charge in [0.2, 0.25) is 0 Å². The highest BCUT2D eigenvalue weighted by atomic mass is 35.5. The third-order valence-corrected chi connectivity index (χ3v) is 4.24. The number of hydrogen-bond donors (Lipinski definition) is 2. The summed E-state index contributed by atoms with van der Waals surface area (Å²) in [6, 6.07) is 4.11. The number of carbonyl (C=O) groups excluding carboxylic acids is 1. The minimum absolute atomic E-state index is 0. The van der Waals surface area contributed by atoms with E-state index in [9.17, 15) is 4.79 Å². The quantitative estimate of drug-likeness (QED) is 0.874. The molecule has 0 saturated carbocycles. The van der Waals surface area contributed by atoms with Gasteiger partial charge in [-0.25, -0.2) is 0 Å². The van der Waals surface area contributed by atoms with Crippen molar-refractivity contribution in [2.75, 3.05) is 26.8 Å². The predicted molar refractivity (Wildman–Crippen MR) is 92.1 cm³/mol. The van der Waals surface area contributed by atoms with Gasteiger partial charge in [-0.2, -0.15) is 0 Å². The van der Waals surface area contributed by atoms with E-state index in [1.54, 1.807) is 7.11 Å². The SMILES string of the molecule is COCC1(CNC(=O)c2c(C)cc(C)cc2C)CCCN1.Cl. The first-order valence-electron chi connectivity index (χ1n) is 7.57. The van der Waals surface area contributed by atoms with Crippen molar-refractivity contribution in [3.63, 3.8) is 0 Å². The summed E-state index contributed by atoms with van der Waals surface area (Å²) in [6.45, 7) is 8.26. The fourth-order valence-electron chi connectivity index (χ4n) is 3.35. The highest BCUT2D eigenvalue weighted by Crippen LogP contribution is 2.20. The molecule has 4 nitrogen and oxygen atoms in total. The molecule has 1 aliphatic rings. The van der Waals surface area contributed by atoms with E-state index >= 15 is 0 Å². The Balaban J connectivity index is 0.00000242. The van der Waals surface area contributed by atoms with Gasteiger partial charge in [-0.1, -0.05) is 17.7 Å². The van der Waals surface area contributed by atoms with Gasteiger partial charge in [-0.3, -0.25) is 4.79 Å². The van der Waals surface area contributed by atoms with E-state index in [0.29, 0.717) is 13.2 Å². The van der Waals surface area contributed by atoms with Crippen molar-refractivity contribution < 1.29 is 9.53 Å².